The van der Waals surface area contributed by atoms with Crippen molar-refractivity contribution in [3.05, 3.63) is 53.2 Å². The van der Waals surface area contributed by atoms with E-state index in [0.717, 1.165) is 5.56 Å². The summed E-state index contributed by atoms with van der Waals surface area (Å²) < 4.78 is 54.0. The molecule has 0 fully saturated rings. The summed E-state index contributed by atoms with van der Waals surface area (Å²) >= 11 is 0. The second-order valence-corrected chi connectivity index (χ2v) is 8.74. The first kappa shape index (κ1) is 21.5. The van der Waals surface area contributed by atoms with E-state index in [0.29, 0.717) is 16.3 Å². The molecular weight excluding hydrogens is 399 g/mol. The van der Waals surface area contributed by atoms with Crippen molar-refractivity contribution < 1.29 is 27.2 Å². The number of carbonyl (C=O) groups is 1. The van der Waals surface area contributed by atoms with E-state index in [-0.39, 0.29) is 29.9 Å². The van der Waals surface area contributed by atoms with Crippen LogP contribution in [-0.2, 0) is 19.3 Å². The van der Waals surface area contributed by atoms with Gasteiger partial charge in [-0.3, -0.25) is 9.36 Å². The average Bonchev–Trinajstić information content (AvgIpc) is 2.67. The van der Waals surface area contributed by atoms with Crippen LogP contribution in [0, 0.1) is 6.92 Å². The first-order chi connectivity index (χ1) is 13.6. The second-order valence-electron chi connectivity index (χ2n) is 6.67. The van der Waals surface area contributed by atoms with Gasteiger partial charge in [0.25, 0.3) is 0 Å². The minimum Gasteiger partial charge on any atom is -0.304 e. The zero-order chi connectivity index (χ0) is 21.4. The molecule has 3 aromatic rings. The Morgan fingerprint density at radius 1 is 1.03 bits per heavy atom. The van der Waals surface area contributed by atoms with Crippen LogP contribution >= 0.6 is 7.60 Å². The molecule has 8 heteroatoms. The Bertz CT molecular complexity index is 1140. The van der Waals surface area contributed by atoms with Gasteiger partial charge in [-0.1, -0.05) is 23.8 Å². The number of aromatic nitrogens is 1. The van der Waals surface area contributed by atoms with Crippen molar-refractivity contribution in [2.75, 3.05) is 13.2 Å². The van der Waals surface area contributed by atoms with E-state index in [4.69, 9.17) is 9.05 Å². The molecule has 0 aliphatic heterocycles. The molecule has 0 amide bonds. The molecule has 1 aromatic heterocycles. The molecule has 2 aromatic carbocycles. The van der Waals surface area contributed by atoms with Crippen LogP contribution in [0.3, 0.4) is 0 Å². The molecule has 1 heterocycles. The Hall–Kier alpha value is -2.21. The third kappa shape index (κ3) is 3.70. The lowest BCUT2D eigenvalue weighted by Gasteiger charge is -2.26. The van der Waals surface area contributed by atoms with Gasteiger partial charge in [0, 0.05) is 16.3 Å². The summed E-state index contributed by atoms with van der Waals surface area (Å²) in [7, 11) is -4.86. The van der Waals surface area contributed by atoms with Crippen LogP contribution in [0.4, 0.5) is 8.78 Å². The van der Waals surface area contributed by atoms with Gasteiger partial charge in [0.15, 0.2) is 5.78 Å². The summed E-state index contributed by atoms with van der Waals surface area (Å²) in [6.45, 7) is 5.74. The number of halogens is 2. The molecule has 0 spiro atoms. The lowest BCUT2D eigenvalue weighted by atomic mass is 9.99. The Balaban J connectivity index is 2.43. The summed E-state index contributed by atoms with van der Waals surface area (Å²) in [6, 6.07) is 9.79. The second kappa shape index (κ2) is 7.90. The quantitative estimate of drug-likeness (QED) is 0.258. The van der Waals surface area contributed by atoms with Gasteiger partial charge in [0.1, 0.15) is 5.69 Å². The van der Waals surface area contributed by atoms with Crippen molar-refractivity contribution in [1.82, 2.24) is 4.98 Å². The molecule has 0 aliphatic rings. The fourth-order valence-electron chi connectivity index (χ4n) is 3.24. The summed E-state index contributed by atoms with van der Waals surface area (Å²) in [5, 5.41) is 1.19. The highest BCUT2D eigenvalue weighted by molar-refractivity contribution is 7.54. The molecule has 0 N–H and O–H groups in total. The lowest BCUT2D eigenvalue weighted by Crippen LogP contribution is -2.20. The van der Waals surface area contributed by atoms with Crippen LogP contribution in [0.2, 0.25) is 0 Å². The number of aryl methyl sites for hydroxylation is 1. The van der Waals surface area contributed by atoms with Crippen molar-refractivity contribution in [3.63, 3.8) is 0 Å². The molecule has 0 atom stereocenters. The highest BCUT2D eigenvalue weighted by Crippen LogP contribution is 2.67. The Morgan fingerprint density at radius 2 is 1.69 bits per heavy atom. The molecule has 3 rings (SSSR count). The minimum atomic E-state index is -4.86. The van der Waals surface area contributed by atoms with Gasteiger partial charge in [-0.05, 0) is 51.3 Å². The van der Waals surface area contributed by atoms with E-state index in [1.54, 1.807) is 24.3 Å². The Kier molecular flexibility index (Phi) is 5.86. The number of benzene rings is 2. The Morgan fingerprint density at radius 3 is 2.28 bits per heavy atom. The Labute approximate surface area is 167 Å². The summed E-state index contributed by atoms with van der Waals surface area (Å²) in [4.78, 5) is 16.0. The molecule has 0 saturated carbocycles. The molecule has 0 radical (unpaired) electrons. The average molecular weight is 421 g/mol. The van der Waals surface area contributed by atoms with Gasteiger partial charge in [-0.15, -0.1) is 0 Å². The highest BCUT2D eigenvalue weighted by atomic mass is 31.2. The molecule has 0 saturated heterocycles. The summed E-state index contributed by atoms with van der Waals surface area (Å²) in [5.74, 6) is -0.275. The minimum absolute atomic E-state index is 0.0421. The first-order valence-corrected chi connectivity index (χ1v) is 10.8. The number of carbonyl (C=O) groups excluding carboxylic acids is 1. The predicted octanol–water partition coefficient (Wildman–Crippen LogP) is 6.21. The number of fused-ring (bicyclic) bond motifs is 3. The number of rotatable bonds is 7. The first-order valence-electron chi connectivity index (χ1n) is 9.27. The largest absolute Gasteiger partial charge is 0.406 e. The highest BCUT2D eigenvalue weighted by Gasteiger charge is 2.57. The SMILES string of the molecule is CCOP(=O)(OCC)C(F)(F)c1nc2ccc(C)cc2c2ccc(C(C)=O)cc12. The molecule has 29 heavy (non-hydrogen) atoms. The van der Waals surface area contributed by atoms with Gasteiger partial charge in [0.05, 0.1) is 18.7 Å². The molecule has 0 bridgehead atoms. The third-order valence-electron chi connectivity index (χ3n) is 4.58. The van der Waals surface area contributed by atoms with Gasteiger partial charge < -0.3 is 9.05 Å². The standard InChI is InChI=1S/C21H22F2NO4P/c1-5-27-29(26,28-6-2)21(22,23)20-18-12-15(14(4)25)8-9-16(18)17-11-13(3)7-10-19(17)24-20/h7-12H,5-6H2,1-4H3. The number of ketones is 1. The monoisotopic (exact) mass is 421 g/mol. The summed E-state index contributed by atoms with van der Waals surface area (Å²) in [5.41, 5.74) is -3.22. The van der Waals surface area contributed by atoms with E-state index in [2.05, 4.69) is 4.98 Å². The maximum Gasteiger partial charge on any atom is 0.406 e. The van der Waals surface area contributed by atoms with Gasteiger partial charge >= 0.3 is 13.3 Å². The zero-order valence-corrected chi connectivity index (χ0v) is 17.6. The maximum absolute atomic E-state index is 15.6. The van der Waals surface area contributed by atoms with E-state index in [1.807, 2.05) is 13.0 Å². The topological polar surface area (TPSA) is 65.5 Å². The van der Waals surface area contributed by atoms with Gasteiger partial charge in [0.2, 0.25) is 0 Å². The van der Waals surface area contributed by atoms with Crippen molar-refractivity contribution in [1.29, 1.82) is 0 Å². The van der Waals surface area contributed by atoms with E-state index in [9.17, 15) is 9.36 Å². The van der Waals surface area contributed by atoms with E-state index < -0.39 is 19.0 Å². The van der Waals surface area contributed by atoms with Crippen LogP contribution < -0.4 is 0 Å². The van der Waals surface area contributed by atoms with Crippen molar-refractivity contribution in [3.8, 4) is 0 Å². The smallest absolute Gasteiger partial charge is 0.304 e. The number of alkyl halides is 2. The van der Waals surface area contributed by atoms with Crippen LogP contribution in [0.5, 0.6) is 0 Å². The fourth-order valence-corrected chi connectivity index (χ4v) is 4.74. The third-order valence-corrected chi connectivity index (χ3v) is 6.68. The molecule has 154 valence electrons. The lowest BCUT2D eigenvalue weighted by molar-refractivity contribution is 0.0340. The molecule has 5 nitrogen and oxygen atoms in total. The van der Waals surface area contributed by atoms with Crippen molar-refractivity contribution >= 4 is 35.1 Å². The van der Waals surface area contributed by atoms with Gasteiger partial charge in [-0.25, -0.2) is 4.98 Å². The van der Waals surface area contributed by atoms with E-state index >= 15 is 8.78 Å². The van der Waals surface area contributed by atoms with E-state index in [1.165, 1.54) is 26.8 Å². The van der Waals surface area contributed by atoms with Crippen molar-refractivity contribution in [2.24, 2.45) is 0 Å². The maximum atomic E-state index is 15.6. The van der Waals surface area contributed by atoms with Crippen LogP contribution in [0.1, 0.15) is 42.4 Å². The van der Waals surface area contributed by atoms with Crippen LogP contribution in [0.25, 0.3) is 21.7 Å². The van der Waals surface area contributed by atoms with Gasteiger partial charge in [-0.2, -0.15) is 8.78 Å². The normalized spacial score (nSPS) is 12.6. The number of hydrogen-bond acceptors (Lipinski definition) is 5. The molecule has 0 aliphatic carbocycles. The number of pyridine rings is 1. The number of nitrogens with zero attached hydrogens (tertiary/aromatic N) is 1. The summed E-state index contributed by atoms with van der Waals surface area (Å²) in [6.07, 6.45) is 0. The van der Waals surface area contributed by atoms with Crippen molar-refractivity contribution in [2.45, 2.75) is 33.4 Å². The number of hydrogen-bond donors (Lipinski definition) is 0. The van der Waals surface area contributed by atoms with Crippen LogP contribution in [-0.4, -0.2) is 24.0 Å². The predicted molar refractivity (Wildman–Crippen MR) is 109 cm³/mol. The van der Waals surface area contributed by atoms with Crippen LogP contribution in [0.15, 0.2) is 36.4 Å². The fraction of sp³-hybridized carbons (Fsp3) is 0.333. The molecular formula is C21H22F2NO4P. The zero-order valence-electron chi connectivity index (χ0n) is 16.7. The number of Topliss-reactive ketones (excluding diaryl/α,β-unsaturated/α-hetero) is 1. The molecule has 0 unspecified atom stereocenters.